The van der Waals surface area contributed by atoms with E-state index in [0.717, 1.165) is 11.9 Å². The van der Waals surface area contributed by atoms with E-state index in [1.165, 1.54) is 48.8 Å². The molecule has 0 aliphatic carbocycles. The fourth-order valence-electron chi connectivity index (χ4n) is 5.50. The number of nitrogens with zero attached hydrogens (tertiary/aromatic N) is 4. The highest BCUT2D eigenvalue weighted by Gasteiger charge is 2.14. The number of amides is 2. The molecule has 61 heavy (non-hydrogen) atoms. The van der Waals surface area contributed by atoms with Gasteiger partial charge in [-0.3, -0.25) is 34.0 Å². The van der Waals surface area contributed by atoms with Crippen molar-refractivity contribution in [2.45, 2.75) is 22.9 Å². The second kappa shape index (κ2) is 19.8. The van der Waals surface area contributed by atoms with Crippen LogP contribution in [0, 0.1) is 20.2 Å². The maximum atomic E-state index is 11.8. The van der Waals surface area contributed by atoms with Gasteiger partial charge in [-0.1, -0.05) is 24.3 Å². The Morgan fingerprint density at radius 2 is 1.08 bits per heavy atom. The molecule has 0 aliphatic heterocycles. The van der Waals surface area contributed by atoms with Crippen LogP contribution in [-0.2, 0) is 33.7 Å². The number of primary amides is 2. The van der Waals surface area contributed by atoms with Crippen molar-refractivity contribution in [1.82, 2.24) is 9.97 Å². The minimum absolute atomic E-state index is 0.0158. The Labute approximate surface area is 351 Å². The van der Waals surface area contributed by atoms with Crippen molar-refractivity contribution in [3.63, 3.8) is 0 Å². The number of sulfone groups is 1. The Hall–Kier alpha value is -7.78. The third-order valence-electron chi connectivity index (χ3n) is 8.56. The number of benzene rings is 4. The zero-order valence-corrected chi connectivity index (χ0v) is 34.0. The first-order chi connectivity index (χ1) is 29.0. The van der Waals surface area contributed by atoms with E-state index in [9.17, 15) is 42.4 Å². The molecule has 4 aromatic carbocycles. The Morgan fingerprint density at radius 1 is 0.672 bits per heavy atom. The number of non-ortho nitro benzene ring substituents is 2. The highest BCUT2D eigenvalue weighted by atomic mass is 32.2. The molecule has 8 N–H and O–H groups in total. The maximum absolute atomic E-state index is 11.8. The quantitative estimate of drug-likeness (QED) is 0.0478. The molecule has 0 radical (unpaired) electrons. The first kappa shape index (κ1) is 44.3. The number of carbonyl (C=O) groups excluding carboxylic acids is 2. The van der Waals surface area contributed by atoms with E-state index >= 15 is 0 Å². The fraction of sp³-hybridized carbons (Fsp3) is 0.100. The third kappa shape index (κ3) is 12.6. The van der Waals surface area contributed by atoms with Crippen molar-refractivity contribution in [1.29, 1.82) is 0 Å². The van der Waals surface area contributed by atoms with E-state index < -0.39 is 42.3 Å². The smallest absolute Gasteiger partial charge is 0.269 e. The van der Waals surface area contributed by atoms with Crippen LogP contribution < -0.4 is 32.7 Å². The molecule has 314 valence electrons. The van der Waals surface area contributed by atoms with E-state index in [-0.39, 0.29) is 40.5 Å². The normalized spacial score (nSPS) is 11.2. The second-order valence-electron chi connectivity index (χ2n) is 13.0. The monoisotopic (exact) mass is 866 g/mol. The summed E-state index contributed by atoms with van der Waals surface area (Å²) >= 11 is 0. The number of nitro groups is 2. The SMILES string of the molecule is CS(=O)(=O)c1ccc(Nc2cc(NCc3cccc([N+](=O)[O-])c3)c(C(N)=O)cn2)cc1.CS(=O)c1ccc(Nc2cc(NCc3cccc([N+](=O)[O-])c3)c(C(N)=O)cn2)cc1. The highest BCUT2D eigenvalue weighted by Crippen LogP contribution is 2.26. The van der Waals surface area contributed by atoms with Gasteiger partial charge in [-0.25, -0.2) is 18.4 Å². The first-order valence-electron chi connectivity index (χ1n) is 17.8. The Morgan fingerprint density at radius 3 is 1.44 bits per heavy atom. The van der Waals surface area contributed by atoms with Crippen molar-refractivity contribution in [3.05, 3.63) is 164 Å². The number of aromatic nitrogens is 2. The van der Waals surface area contributed by atoms with E-state index in [0.29, 0.717) is 44.7 Å². The van der Waals surface area contributed by atoms with Gasteiger partial charge in [-0.2, -0.15) is 0 Å². The van der Waals surface area contributed by atoms with E-state index in [2.05, 4.69) is 31.2 Å². The number of hydrogen-bond donors (Lipinski definition) is 6. The number of nitrogens with one attached hydrogen (secondary N) is 4. The van der Waals surface area contributed by atoms with Gasteiger partial charge in [0.25, 0.3) is 23.2 Å². The maximum Gasteiger partial charge on any atom is 0.269 e. The average Bonchev–Trinajstić information content (AvgIpc) is 3.22. The standard InChI is InChI=1S/C20H19N5O5S.C20H19N5O4S/c1-31(29,30)16-7-5-14(6-8-16)24-19-10-18(17(12-23-19)20(21)26)22-11-13-3-2-4-15(9-13)25(27)28;1-30(29)16-7-5-14(6-8-16)24-19-10-18(17(12-23-19)20(21)26)22-11-13-3-2-4-15(9-13)25(27)28/h2-10,12H,11H2,1H3,(H2,21,26)(H2,22,23,24);2-10,12H,11H2,1H3,(H2,21,26)(H2,22,23,24). The number of pyridine rings is 2. The van der Waals surface area contributed by atoms with Crippen LogP contribution >= 0.6 is 0 Å². The summed E-state index contributed by atoms with van der Waals surface area (Å²) in [6.07, 6.45) is 5.39. The molecule has 0 saturated heterocycles. The molecule has 2 aromatic heterocycles. The third-order valence-corrected chi connectivity index (χ3v) is 10.6. The molecule has 21 heteroatoms. The first-order valence-corrected chi connectivity index (χ1v) is 21.2. The molecule has 2 amide bonds. The summed E-state index contributed by atoms with van der Waals surface area (Å²) in [7, 11) is -4.37. The van der Waals surface area contributed by atoms with Crippen LogP contribution in [0.2, 0.25) is 0 Å². The lowest BCUT2D eigenvalue weighted by atomic mass is 10.1. The Kier molecular flexibility index (Phi) is 14.4. The molecule has 6 rings (SSSR count). The molecule has 0 saturated carbocycles. The topological polar surface area (TPSA) is 298 Å². The summed E-state index contributed by atoms with van der Waals surface area (Å²) in [5.74, 6) is -0.478. The van der Waals surface area contributed by atoms with Crippen LogP contribution in [-0.4, -0.2) is 56.8 Å². The van der Waals surface area contributed by atoms with Crippen molar-refractivity contribution >= 4 is 78.2 Å². The van der Waals surface area contributed by atoms with Gasteiger partial charge in [0.05, 0.1) is 37.2 Å². The number of nitrogens with two attached hydrogens (primary N) is 2. The summed E-state index contributed by atoms with van der Waals surface area (Å²) in [5.41, 5.74) is 14.6. The molecule has 2 heterocycles. The van der Waals surface area contributed by atoms with Gasteiger partial charge in [0, 0.05) is 101 Å². The van der Waals surface area contributed by atoms with Crippen LogP contribution in [0.1, 0.15) is 31.8 Å². The van der Waals surface area contributed by atoms with Crippen molar-refractivity contribution in [2.75, 3.05) is 33.8 Å². The Balaban J connectivity index is 0.000000231. The predicted octanol–water partition coefficient (Wildman–Crippen LogP) is 6.03. The van der Waals surface area contributed by atoms with Crippen LogP contribution in [0.3, 0.4) is 0 Å². The van der Waals surface area contributed by atoms with Crippen molar-refractivity contribution in [3.8, 4) is 0 Å². The van der Waals surface area contributed by atoms with Crippen molar-refractivity contribution < 1.29 is 32.1 Å². The summed E-state index contributed by atoms with van der Waals surface area (Å²) in [6.45, 7) is 0.469. The summed E-state index contributed by atoms with van der Waals surface area (Å²) in [5, 5.41) is 34.1. The van der Waals surface area contributed by atoms with Gasteiger partial charge in [-0.05, 0) is 59.7 Å². The van der Waals surface area contributed by atoms with E-state index in [1.807, 2.05) is 0 Å². The van der Waals surface area contributed by atoms with Gasteiger partial charge >= 0.3 is 0 Å². The molecule has 0 fully saturated rings. The van der Waals surface area contributed by atoms with Gasteiger partial charge in [-0.15, -0.1) is 0 Å². The van der Waals surface area contributed by atoms with Gasteiger partial charge in [0.2, 0.25) is 0 Å². The van der Waals surface area contributed by atoms with Gasteiger partial charge in [0.1, 0.15) is 11.6 Å². The lowest BCUT2D eigenvalue weighted by Gasteiger charge is -2.13. The zero-order chi connectivity index (χ0) is 44.3. The molecule has 0 aliphatic rings. The molecule has 0 spiro atoms. The number of nitro benzene ring substituents is 2. The molecular formula is C40H38N10O9S2. The summed E-state index contributed by atoms with van der Waals surface area (Å²) in [6, 6.07) is 28.7. The van der Waals surface area contributed by atoms with Crippen LogP contribution in [0.5, 0.6) is 0 Å². The van der Waals surface area contributed by atoms with Crippen LogP contribution in [0.25, 0.3) is 0 Å². The average molecular weight is 867 g/mol. The zero-order valence-electron chi connectivity index (χ0n) is 32.4. The van der Waals surface area contributed by atoms with E-state index in [1.54, 1.807) is 79.1 Å². The van der Waals surface area contributed by atoms with Gasteiger partial charge in [0.15, 0.2) is 9.84 Å². The van der Waals surface area contributed by atoms with E-state index in [4.69, 9.17) is 11.5 Å². The highest BCUT2D eigenvalue weighted by molar-refractivity contribution is 7.90. The minimum atomic E-state index is -3.30. The minimum Gasteiger partial charge on any atom is -0.380 e. The molecular weight excluding hydrogens is 829 g/mol. The molecule has 0 bridgehead atoms. The summed E-state index contributed by atoms with van der Waals surface area (Å²) < 4.78 is 34.6. The molecule has 6 aromatic rings. The fourth-order valence-corrected chi connectivity index (χ4v) is 6.65. The van der Waals surface area contributed by atoms with Crippen LogP contribution in [0.4, 0.5) is 45.8 Å². The molecule has 1 atom stereocenters. The molecule has 1 unspecified atom stereocenters. The lowest BCUT2D eigenvalue weighted by Crippen LogP contribution is -2.15. The molecule has 19 nitrogen and oxygen atoms in total. The number of anilines is 6. The number of hydrogen-bond acceptors (Lipinski definition) is 15. The van der Waals surface area contributed by atoms with Crippen molar-refractivity contribution in [2.24, 2.45) is 11.5 Å². The number of rotatable bonds is 16. The Bertz CT molecular complexity index is 2740. The second-order valence-corrected chi connectivity index (χ2v) is 16.4. The largest absolute Gasteiger partial charge is 0.380 e. The summed E-state index contributed by atoms with van der Waals surface area (Å²) in [4.78, 5) is 53.7. The number of carbonyl (C=O) groups is 2. The van der Waals surface area contributed by atoms with Crippen LogP contribution in [0.15, 0.2) is 131 Å². The van der Waals surface area contributed by atoms with Gasteiger partial charge < -0.3 is 32.7 Å². The predicted molar refractivity (Wildman–Crippen MR) is 231 cm³/mol. The lowest BCUT2D eigenvalue weighted by molar-refractivity contribution is -0.385.